The lowest BCUT2D eigenvalue weighted by Gasteiger charge is -2.49. The maximum Gasteiger partial charge on any atom is 0.356 e. The first-order chi connectivity index (χ1) is 35.4. The summed E-state index contributed by atoms with van der Waals surface area (Å²) in [6.45, 7) is 0.919. The lowest BCUT2D eigenvalue weighted by molar-refractivity contribution is -0.154. The molecule has 6 aromatic carbocycles. The molecule has 16 heteroatoms. The first-order valence-electron chi connectivity index (χ1n) is 23.1. The van der Waals surface area contributed by atoms with E-state index in [1.165, 1.54) is 28.0 Å². The number of carbonyl (C=O) groups excluding carboxylic acids is 3. The standard InChI is InChI=1S/C56H50ClN5O8S2/c1-66-31-32-67-37-68-45-29-27-38(28-30-45)34-69-61-47(46-36-72-55(58-46)60-56(42-21-11-4-12-22-42,43-23-13-5-14-24-43)44-25-15-6-16-26-44)51(63)59-48-52(64)62-49(41(33-57)35-71-53(48)62)54(65)70-50(39-17-7-2-8-18-39)40-19-9-3-10-20-40/h2-30,36,48,50,53H,31-35,37H2,1H3,(H,58,60)(H,59,63)/t48-,53-/m1/s1. The molecule has 2 atom stereocenters. The summed E-state index contributed by atoms with van der Waals surface area (Å²) in [5.41, 5.74) is 4.93. The van der Waals surface area contributed by atoms with Crippen LogP contribution >= 0.6 is 34.7 Å². The molecular formula is C56H50ClN5O8S2. The van der Waals surface area contributed by atoms with Gasteiger partial charge in [0.15, 0.2) is 23.7 Å². The molecular weight excluding hydrogens is 970 g/mol. The number of nitrogens with one attached hydrogen (secondary N) is 2. The maximum absolute atomic E-state index is 14.7. The predicted molar refractivity (Wildman–Crippen MR) is 280 cm³/mol. The molecule has 7 aromatic rings. The molecule has 13 nitrogen and oxygen atoms in total. The normalized spacial score (nSPS) is 15.6. The van der Waals surface area contributed by atoms with Crippen LogP contribution in [-0.2, 0) is 45.6 Å². The third kappa shape index (κ3) is 11.1. The highest BCUT2D eigenvalue weighted by Crippen LogP contribution is 2.43. The van der Waals surface area contributed by atoms with Gasteiger partial charge in [-0.25, -0.2) is 9.78 Å². The van der Waals surface area contributed by atoms with E-state index >= 15 is 0 Å². The second-order valence-electron chi connectivity index (χ2n) is 16.6. The molecule has 2 aliphatic rings. The molecule has 1 fully saturated rings. The van der Waals surface area contributed by atoms with Crippen LogP contribution in [-0.4, -0.2) is 83.5 Å². The fourth-order valence-corrected chi connectivity index (χ4v) is 10.9. The molecule has 2 aliphatic heterocycles. The van der Waals surface area contributed by atoms with E-state index in [4.69, 9.17) is 40.4 Å². The first-order valence-corrected chi connectivity index (χ1v) is 25.6. The molecule has 0 aliphatic carbocycles. The number of ether oxygens (including phenoxy) is 4. The van der Waals surface area contributed by atoms with Crippen LogP contribution in [0.5, 0.6) is 5.75 Å². The third-order valence-electron chi connectivity index (χ3n) is 12.0. The Morgan fingerprint density at radius 2 is 1.36 bits per heavy atom. The van der Waals surface area contributed by atoms with Crippen LogP contribution in [0, 0.1) is 0 Å². The number of hydrogen-bond donors (Lipinski definition) is 2. The quantitative estimate of drug-likeness (QED) is 0.00977. The summed E-state index contributed by atoms with van der Waals surface area (Å²) in [4.78, 5) is 55.5. The van der Waals surface area contributed by atoms with E-state index in [0.717, 1.165) is 33.4 Å². The molecule has 1 aromatic heterocycles. The zero-order chi connectivity index (χ0) is 49.7. The third-order valence-corrected chi connectivity index (χ3v) is 14.5. The van der Waals surface area contributed by atoms with Gasteiger partial charge in [0.25, 0.3) is 11.8 Å². The van der Waals surface area contributed by atoms with Gasteiger partial charge in [-0.05, 0) is 51.1 Å². The number of aromatic nitrogens is 1. The second-order valence-corrected chi connectivity index (χ2v) is 18.8. The van der Waals surface area contributed by atoms with Gasteiger partial charge >= 0.3 is 5.97 Å². The number of alkyl halides is 1. The minimum absolute atomic E-state index is 0.000208. The van der Waals surface area contributed by atoms with Crippen molar-refractivity contribution in [2.24, 2.45) is 5.16 Å². The highest BCUT2D eigenvalue weighted by molar-refractivity contribution is 8.00. The molecule has 72 heavy (non-hydrogen) atoms. The van der Waals surface area contributed by atoms with Crippen LogP contribution in [0.4, 0.5) is 5.13 Å². The van der Waals surface area contributed by atoms with Crippen molar-refractivity contribution >= 4 is 63.3 Å². The number of halogens is 1. The molecule has 9 rings (SSSR count). The number of hydrogen-bond acceptors (Lipinski definition) is 13. The van der Waals surface area contributed by atoms with E-state index < -0.39 is 40.8 Å². The maximum atomic E-state index is 14.7. The molecule has 0 bridgehead atoms. The van der Waals surface area contributed by atoms with Crippen molar-refractivity contribution < 1.29 is 38.2 Å². The molecule has 0 unspecified atom stereocenters. The van der Waals surface area contributed by atoms with Gasteiger partial charge in [-0.2, -0.15) is 0 Å². The minimum atomic E-state index is -1.03. The van der Waals surface area contributed by atoms with Crippen molar-refractivity contribution in [2.45, 2.75) is 29.7 Å². The summed E-state index contributed by atoms with van der Waals surface area (Å²) in [5.74, 6) is -0.976. The summed E-state index contributed by atoms with van der Waals surface area (Å²) in [7, 11) is 1.60. The Morgan fingerprint density at radius 1 is 0.792 bits per heavy atom. The summed E-state index contributed by atoms with van der Waals surface area (Å²) in [6, 6.07) is 55.2. The number of thiazole rings is 1. The minimum Gasteiger partial charge on any atom is -0.468 e. The number of amides is 2. The summed E-state index contributed by atoms with van der Waals surface area (Å²) >= 11 is 9.13. The predicted octanol–water partition coefficient (Wildman–Crippen LogP) is 9.69. The van der Waals surface area contributed by atoms with Gasteiger partial charge in [-0.3, -0.25) is 14.5 Å². The van der Waals surface area contributed by atoms with Crippen LogP contribution < -0.4 is 15.4 Å². The topological polar surface area (TPSA) is 150 Å². The van der Waals surface area contributed by atoms with Crippen molar-refractivity contribution in [3.8, 4) is 5.75 Å². The molecule has 1 saturated heterocycles. The van der Waals surface area contributed by atoms with E-state index in [-0.39, 0.29) is 36.4 Å². The highest BCUT2D eigenvalue weighted by Gasteiger charge is 2.55. The molecule has 0 spiro atoms. The number of esters is 1. The fraction of sp³-hybridized carbons (Fsp3) is 0.196. The monoisotopic (exact) mass is 1020 g/mol. The number of thioether (sulfide) groups is 1. The Balaban J connectivity index is 0.986. The first kappa shape index (κ1) is 49.7. The number of rotatable bonds is 22. The van der Waals surface area contributed by atoms with E-state index in [9.17, 15) is 14.4 Å². The van der Waals surface area contributed by atoms with Crippen LogP contribution in [0.3, 0.4) is 0 Å². The Morgan fingerprint density at radius 3 is 1.92 bits per heavy atom. The average molecular weight is 1020 g/mol. The number of methoxy groups -OCH3 is 1. The number of benzene rings is 6. The smallest absolute Gasteiger partial charge is 0.356 e. The highest BCUT2D eigenvalue weighted by atomic mass is 35.5. The van der Waals surface area contributed by atoms with Crippen molar-refractivity contribution in [2.75, 3.05) is 44.1 Å². The molecule has 0 saturated carbocycles. The Kier molecular flexibility index (Phi) is 16.4. The van der Waals surface area contributed by atoms with E-state index in [0.29, 0.717) is 35.4 Å². The number of anilines is 1. The zero-order valence-corrected chi connectivity index (χ0v) is 41.5. The number of fused-ring (bicyclic) bond motifs is 1. The van der Waals surface area contributed by atoms with Crippen LogP contribution in [0.1, 0.15) is 45.2 Å². The average Bonchev–Trinajstić information content (AvgIpc) is 3.90. The van der Waals surface area contributed by atoms with Gasteiger partial charge < -0.3 is 34.4 Å². The lowest BCUT2D eigenvalue weighted by Crippen LogP contribution is -2.71. The molecule has 0 radical (unpaired) electrons. The van der Waals surface area contributed by atoms with Crippen LogP contribution in [0.2, 0.25) is 0 Å². The van der Waals surface area contributed by atoms with Gasteiger partial charge in [-0.15, -0.1) is 34.7 Å². The molecule has 3 heterocycles. The van der Waals surface area contributed by atoms with Gasteiger partial charge in [0.2, 0.25) is 0 Å². The van der Waals surface area contributed by atoms with E-state index in [1.54, 1.807) is 24.6 Å². The Bertz CT molecular complexity index is 2850. The number of carbonyl (C=O) groups is 3. The number of β-lactam (4-membered cyclic amide) rings is 1. The second kappa shape index (κ2) is 23.8. The summed E-state index contributed by atoms with van der Waals surface area (Å²) < 4.78 is 22.3. The van der Waals surface area contributed by atoms with Crippen molar-refractivity contribution in [1.82, 2.24) is 15.2 Å². The van der Waals surface area contributed by atoms with Crippen molar-refractivity contribution in [3.05, 3.63) is 232 Å². The van der Waals surface area contributed by atoms with Gasteiger partial charge in [0, 0.05) is 24.1 Å². The summed E-state index contributed by atoms with van der Waals surface area (Å²) in [6.07, 6.45) is -0.754. The van der Waals surface area contributed by atoms with E-state index in [1.807, 2.05) is 127 Å². The lowest BCUT2D eigenvalue weighted by atomic mass is 9.77. The largest absolute Gasteiger partial charge is 0.468 e. The van der Waals surface area contributed by atoms with Crippen molar-refractivity contribution in [3.63, 3.8) is 0 Å². The van der Waals surface area contributed by atoms with Crippen molar-refractivity contribution in [1.29, 1.82) is 0 Å². The Labute approximate surface area is 430 Å². The fourth-order valence-electron chi connectivity index (χ4n) is 8.48. The van der Waals surface area contributed by atoms with Gasteiger partial charge in [0.05, 0.1) is 13.2 Å². The van der Waals surface area contributed by atoms with Gasteiger partial charge in [-0.1, -0.05) is 169 Å². The van der Waals surface area contributed by atoms with E-state index in [2.05, 4.69) is 52.2 Å². The Hall–Kier alpha value is -7.27. The number of oxime groups is 1. The van der Waals surface area contributed by atoms with Gasteiger partial charge in [0.1, 0.15) is 40.7 Å². The molecule has 366 valence electrons. The summed E-state index contributed by atoms with van der Waals surface area (Å²) in [5, 5.41) is 12.6. The SMILES string of the molecule is COCCOCOc1ccc(CON=C(C(=O)N[C@@H]2C(=O)N3C(C(=O)OC(c4ccccc4)c4ccccc4)=C(CCl)CS[C@H]23)c2csc(NC(c3ccccc3)(c3ccccc3)c3ccccc3)n2)cc1. The number of nitrogens with zero attached hydrogens (tertiary/aromatic N) is 3. The van der Waals surface area contributed by atoms with Crippen LogP contribution in [0.25, 0.3) is 0 Å². The zero-order valence-electron chi connectivity index (χ0n) is 39.1. The molecule has 2 amide bonds. The molecule has 2 N–H and O–H groups in total. The van der Waals surface area contributed by atoms with Crippen LogP contribution in [0.15, 0.2) is 198 Å².